The van der Waals surface area contributed by atoms with Crippen LogP contribution in [0.3, 0.4) is 0 Å². The van der Waals surface area contributed by atoms with Gasteiger partial charge in [0.15, 0.2) is 0 Å². The fourth-order valence-electron chi connectivity index (χ4n) is 3.96. The van der Waals surface area contributed by atoms with E-state index in [9.17, 15) is 0 Å². The molecular weight excluding hydrogens is 248 g/mol. The topological polar surface area (TPSA) is 47.1 Å². The lowest BCUT2D eigenvalue weighted by Crippen LogP contribution is -2.50. The van der Waals surface area contributed by atoms with Gasteiger partial charge in [-0.15, -0.1) is 0 Å². The monoisotopic (exact) mass is 276 g/mol. The second kappa shape index (κ2) is 5.15. The molecule has 2 heterocycles. The summed E-state index contributed by atoms with van der Waals surface area (Å²) >= 11 is 0. The first-order chi connectivity index (χ1) is 9.48. The molecular formula is C16H28N4. The van der Waals surface area contributed by atoms with Crippen molar-refractivity contribution in [3.63, 3.8) is 0 Å². The van der Waals surface area contributed by atoms with Crippen LogP contribution in [0.1, 0.15) is 39.4 Å². The van der Waals surface area contributed by atoms with Gasteiger partial charge in [-0.1, -0.05) is 20.8 Å². The quantitative estimate of drug-likeness (QED) is 0.900. The molecule has 4 heteroatoms. The minimum atomic E-state index is 0.338. The molecule has 0 saturated heterocycles. The van der Waals surface area contributed by atoms with Crippen LogP contribution >= 0.6 is 0 Å². The average molecular weight is 276 g/mol. The van der Waals surface area contributed by atoms with Crippen LogP contribution in [0.5, 0.6) is 0 Å². The highest BCUT2D eigenvalue weighted by molar-refractivity contribution is 4.98. The van der Waals surface area contributed by atoms with Gasteiger partial charge in [0.25, 0.3) is 0 Å². The van der Waals surface area contributed by atoms with Gasteiger partial charge >= 0.3 is 0 Å². The summed E-state index contributed by atoms with van der Waals surface area (Å²) in [6, 6.07) is 0.376. The molecule has 2 N–H and O–H groups in total. The highest BCUT2D eigenvalue weighted by Gasteiger charge is 2.42. The number of rotatable bonds is 2. The Hall–Kier alpha value is -0.870. The molecule has 4 nitrogen and oxygen atoms in total. The Bertz CT molecular complexity index is 465. The highest BCUT2D eigenvalue weighted by atomic mass is 15.2. The molecule has 3 atom stereocenters. The normalized spacial score (nSPS) is 33.9. The first-order valence-electron chi connectivity index (χ1n) is 7.96. The van der Waals surface area contributed by atoms with Gasteiger partial charge in [0, 0.05) is 38.1 Å². The molecule has 3 unspecified atom stereocenters. The molecule has 0 bridgehead atoms. The van der Waals surface area contributed by atoms with Crippen molar-refractivity contribution in [3.05, 3.63) is 18.2 Å². The van der Waals surface area contributed by atoms with Crippen LogP contribution in [0.15, 0.2) is 12.4 Å². The molecule has 1 aliphatic carbocycles. The van der Waals surface area contributed by atoms with Crippen LogP contribution in [0, 0.1) is 17.3 Å². The van der Waals surface area contributed by atoms with Gasteiger partial charge in [0.1, 0.15) is 5.82 Å². The molecule has 1 aliphatic heterocycles. The zero-order valence-corrected chi connectivity index (χ0v) is 13.0. The van der Waals surface area contributed by atoms with Crippen LogP contribution in [0.2, 0.25) is 0 Å². The van der Waals surface area contributed by atoms with Gasteiger partial charge in [-0.3, -0.25) is 4.90 Å². The van der Waals surface area contributed by atoms with Crippen LogP contribution in [0.25, 0.3) is 0 Å². The predicted molar refractivity (Wildman–Crippen MR) is 81.1 cm³/mol. The fourth-order valence-corrected chi connectivity index (χ4v) is 3.96. The van der Waals surface area contributed by atoms with Crippen molar-refractivity contribution in [2.75, 3.05) is 13.1 Å². The number of nitrogens with zero attached hydrogens (tertiary/aromatic N) is 3. The lowest BCUT2D eigenvalue weighted by Gasteiger charge is -2.48. The molecule has 1 saturated carbocycles. The minimum Gasteiger partial charge on any atom is -0.333 e. The number of nitrogens with two attached hydrogens (primary N) is 1. The lowest BCUT2D eigenvalue weighted by atomic mass is 9.61. The van der Waals surface area contributed by atoms with Crippen molar-refractivity contribution in [2.24, 2.45) is 23.0 Å². The van der Waals surface area contributed by atoms with E-state index in [0.717, 1.165) is 25.6 Å². The van der Waals surface area contributed by atoms with E-state index in [-0.39, 0.29) is 0 Å². The number of imidazole rings is 1. The van der Waals surface area contributed by atoms with E-state index in [2.05, 4.69) is 41.4 Å². The zero-order valence-electron chi connectivity index (χ0n) is 13.0. The van der Waals surface area contributed by atoms with Gasteiger partial charge in [0.05, 0.1) is 6.54 Å². The molecule has 20 heavy (non-hydrogen) atoms. The van der Waals surface area contributed by atoms with E-state index < -0.39 is 0 Å². The summed E-state index contributed by atoms with van der Waals surface area (Å²) < 4.78 is 2.28. The van der Waals surface area contributed by atoms with E-state index in [1.807, 2.05) is 6.20 Å². The molecule has 3 rings (SSSR count). The van der Waals surface area contributed by atoms with Gasteiger partial charge in [-0.25, -0.2) is 4.98 Å². The Labute approximate surface area is 122 Å². The molecule has 0 spiro atoms. The van der Waals surface area contributed by atoms with Crippen molar-refractivity contribution < 1.29 is 0 Å². The third-order valence-electron chi connectivity index (χ3n) is 6.02. The maximum Gasteiger partial charge on any atom is 0.122 e. The number of hydrogen-bond acceptors (Lipinski definition) is 3. The summed E-state index contributed by atoms with van der Waals surface area (Å²) in [4.78, 5) is 7.05. The van der Waals surface area contributed by atoms with Gasteiger partial charge in [0.2, 0.25) is 0 Å². The first kappa shape index (κ1) is 14.1. The molecule has 1 fully saturated rings. The molecule has 0 aromatic carbocycles. The second-order valence-corrected chi connectivity index (χ2v) is 7.32. The molecule has 1 aromatic heterocycles. The third-order valence-corrected chi connectivity index (χ3v) is 6.02. The summed E-state index contributed by atoms with van der Waals surface area (Å²) in [5.41, 5.74) is 6.61. The Morgan fingerprint density at radius 2 is 2.15 bits per heavy atom. The first-order valence-corrected chi connectivity index (χ1v) is 7.96. The predicted octanol–water partition coefficient (Wildman–Crippen LogP) is 2.10. The lowest BCUT2D eigenvalue weighted by molar-refractivity contribution is 0.0224. The van der Waals surface area contributed by atoms with E-state index in [1.165, 1.54) is 25.2 Å². The Morgan fingerprint density at radius 3 is 2.95 bits per heavy atom. The number of fused-ring (bicyclic) bond motifs is 1. The molecule has 0 amide bonds. The third kappa shape index (κ3) is 2.40. The summed E-state index contributed by atoms with van der Waals surface area (Å²) in [7, 11) is 0. The van der Waals surface area contributed by atoms with Crippen molar-refractivity contribution in [2.45, 2.75) is 52.7 Å². The largest absolute Gasteiger partial charge is 0.333 e. The Morgan fingerprint density at radius 1 is 1.35 bits per heavy atom. The van der Waals surface area contributed by atoms with E-state index in [0.29, 0.717) is 17.4 Å². The zero-order chi connectivity index (χ0) is 14.3. The van der Waals surface area contributed by atoms with Crippen LogP contribution in [-0.2, 0) is 13.1 Å². The van der Waals surface area contributed by atoms with Crippen molar-refractivity contribution >= 4 is 0 Å². The molecule has 2 aliphatic rings. The standard InChI is InChI=1S/C16H28N4/c1-12-14(17)5-4-13(16(12,2)3)10-19-8-9-20-7-6-18-15(20)11-19/h6-7,12-14H,4-5,8-11,17H2,1-3H3. The van der Waals surface area contributed by atoms with Gasteiger partial charge in [-0.05, 0) is 30.1 Å². The molecule has 112 valence electrons. The second-order valence-electron chi connectivity index (χ2n) is 7.32. The minimum absolute atomic E-state index is 0.338. The van der Waals surface area contributed by atoms with Crippen LogP contribution in [-0.4, -0.2) is 33.6 Å². The van der Waals surface area contributed by atoms with Gasteiger partial charge in [-0.2, -0.15) is 0 Å². The molecule has 1 aromatic rings. The van der Waals surface area contributed by atoms with Crippen LogP contribution in [0.4, 0.5) is 0 Å². The SMILES string of the molecule is CC1C(N)CCC(CN2CCn3ccnc3C2)C1(C)C. The van der Waals surface area contributed by atoms with E-state index in [1.54, 1.807) is 0 Å². The number of aromatic nitrogens is 2. The van der Waals surface area contributed by atoms with Crippen molar-refractivity contribution in [1.82, 2.24) is 14.5 Å². The Balaban J connectivity index is 1.66. The maximum absolute atomic E-state index is 6.27. The maximum atomic E-state index is 6.27. The summed E-state index contributed by atoms with van der Waals surface area (Å²) in [6.07, 6.45) is 6.46. The smallest absolute Gasteiger partial charge is 0.122 e. The van der Waals surface area contributed by atoms with Crippen molar-refractivity contribution in [3.8, 4) is 0 Å². The van der Waals surface area contributed by atoms with Gasteiger partial charge < -0.3 is 10.3 Å². The van der Waals surface area contributed by atoms with Crippen LogP contribution < -0.4 is 5.73 Å². The summed E-state index contributed by atoms with van der Waals surface area (Å²) in [5, 5.41) is 0. The average Bonchev–Trinajstić information content (AvgIpc) is 2.87. The fraction of sp³-hybridized carbons (Fsp3) is 0.812. The van der Waals surface area contributed by atoms with Crippen molar-refractivity contribution in [1.29, 1.82) is 0 Å². The van der Waals surface area contributed by atoms with E-state index in [4.69, 9.17) is 5.73 Å². The highest BCUT2D eigenvalue weighted by Crippen LogP contribution is 2.44. The van der Waals surface area contributed by atoms with E-state index >= 15 is 0 Å². The molecule has 0 radical (unpaired) electrons. The Kier molecular flexibility index (Phi) is 3.63. The summed E-state index contributed by atoms with van der Waals surface area (Å²) in [5.74, 6) is 2.57. The summed E-state index contributed by atoms with van der Waals surface area (Å²) in [6.45, 7) is 11.6. The number of hydrogen-bond donors (Lipinski definition) is 1.